The zero-order valence-corrected chi connectivity index (χ0v) is 14.5. The standard InChI is InChI=1S/C18H19N3O5/c1-3-13-10-15(20-26-13)19-17(23)14-7-8-16(22)21(14)12-6-4-5-11(9-12)18(24)25-2/h4-6,9-10,14H,3,7-8H2,1-2H3,(H,19,20,23)/t14-/m0/s1. The first kappa shape index (κ1) is 17.7. The normalized spacial score (nSPS) is 16.6. The van der Waals surface area contributed by atoms with Crippen molar-refractivity contribution in [2.45, 2.75) is 32.2 Å². The van der Waals surface area contributed by atoms with Gasteiger partial charge in [0.05, 0.1) is 12.7 Å². The number of amides is 2. The zero-order chi connectivity index (χ0) is 18.7. The lowest BCUT2D eigenvalue weighted by Gasteiger charge is -2.24. The molecule has 3 rings (SSSR count). The number of carbonyl (C=O) groups is 3. The van der Waals surface area contributed by atoms with Crippen LogP contribution in [0.25, 0.3) is 0 Å². The van der Waals surface area contributed by atoms with Crippen LogP contribution in [0.3, 0.4) is 0 Å². The second-order valence-electron chi connectivity index (χ2n) is 5.88. The molecule has 0 saturated carbocycles. The minimum Gasteiger partial charge on any atom is -0.465 e. The molecule has 2 aromatic rings. The predicted octanol–water partition coefficient (Wildman–Crippen LogP) is 2.16. The summed E-state index contributed by atoms with van der Waals surface area (Å²) in [6, 6.07) is 7.43. The number of nitrogens with zero attached hydrogens (tertiary/aromatic N) is 2. The highest BCUT2D eigenvalue weighted by molar-refractivity contribution is 6.07. The van der Waals surface area contributed by atoms with E-state index in [-0.39, 0.29) is 18.2 Å². The Labute approximate surface area is 150 Å². The Morgan fingerprint density at radius 2 is 2.19 bits per heavy atom. The molecule has 1 aliphatic rings. The van der Waals surface area contributed by atoms with Gasteiger partial charge in [0, 0.05) is 24.6 Å². The van der Waals surface area contributed by atoms with Crippen LogP contribution < -0.4 is 10.2 Å². The molecular formula is C18H19N3O5. The summed E-state index contributed by atoms with van der Waals surface area (Å²) in [6.45, 7) is 1.91. The Hall–Kier alpha value is -3.16. The highest BCUT2D eigenvalue weighted by atomic mass is 16.5. The Kier molecular flexibility index (Phi) is 5.01. The van der Waals surface area contributed by atoms with Gasteiger partial charge < -0.3 is 14.6 Å². The summed E-state index contributed by atoms with van der Waals surface area (Å²) in [5.41, 5.74) is 0.790. The average molecular weight is 357 g/mol. The third-order valence-electron chi connectivity index (χ3n) is 4.22. The van der Waals surface area contributed by atoms with Gasteiger partial charge in [0.1, 0.15) is 11.8 Å². The van der Waals surface area contributed by atoms with E-state index in [4.69, 9.17) is 9.26 Å². The van der Waals surface area contributed by atoms with E-state index in [1.54, 1.807) is 30.3 Å². The Morgan fingerprint density at radius 1 is 1.38 bits per heavy atom. The summed E-state index contributed by atoms with van der Waals surface area (Å²) < 4.78 is 9.77. The molecule has 2 heterocycles. The molecule has 1 aromatic carbocycles. The minimum absolute atomic E-state index is 0.179. The van der Waals surface area contributed by atoms with Gasteiger partial charge in [0.2, 0.25) is 11.8 Å². The van der Waals surface area contributed by atoms with Crippen molar-refractivity contribution in [1.29, 1.82) is 0 Å². The number of nitrogens with one attached hydrogen (secondary N) is 1. The lowest BCUT2D eigenvalue weighted by Crippen LogP contribution is -2.41. The number of aryl methyl sites for hydroxylation is 1. The summed E-state index contributed by atoms with van der Waals surface area (Å²) in [4.78, 5) is 38.1. The van der Waals surface area contributed by atoms with Crippen LogP contribution in [0.4, 0.5) is 11.5 Å². The number of ether oxygens (including phenoxy) is 1. The number of carbonyl (C=O) groups excluding carboxylic acids is 3. The summed E-state index contributed by atoms with van der Waals surface area (Å²) in [5.74, 6) is -0.0640. The molecule has 1 fully saturated rings. The van der Waals surface area contributed by atoms with Gasteiger partial charge in [-0.2, -0.15) is 0 Å². The number of hydrogen-bond donors (Lipinski definition) is 1. The third-order valence-corrected chi connectivity index (χ3v) is 4.22. The number of anilines is 2. The molecule has 0 spiro atoms. The first-order chi connectivity index (χ1) is 12.5. The summed E-state index contributed by atoms with van der Waals surface area (Å²) >= 11 is 0. The summed E-state index contributed by atoms with van der Waals surface area (Å²) in [5, 5.41) is 6.47. The second-order valence-corrected chi connectivity index (χ2v) is 5.88. The van der Waals surface area contributed by atoms with Gasteiger partial charge in [-0.25, -0.2) is 4.79 Å². The van der Waals surface area contributed by atoms with Crippen molar-refractivity contribution < 1.29 is 23.6 Å². The Bertz CT molecular complexity index is 845. The molecular weight excluding hydrogens is 338 g/mol. The SMILES string of the molecule is CCc1cc(NC(=O)[C@@H]2CCC(=O)N2c2cccc(C(=O)OC)c2)no1. The maximum absolute atomic E-state index is 12.6. The first-order valence-corrected chi connectivity index (χ1v) is 8.30. The van der Waals surface area contributed by atoms with Gasteiger partial charge in [-0.15, -0.1) is 0 Å². The van der Waals surface area contributed by atoms with Crippen LogP contribution in [0.5, 0.6) is 0 Å². The predicted molar refractivity (Wildman–Crippen MR) is 92.8 cm³/mol. The molecule has 1 atom stereocenters. The number of benzene rings is 1. The number of rotatable bonds is 5. The van der Waals surface area contributed by atoms with Crippen molar-refractivity contribution >= 4 is 29.3 Å². The van der Waals surface area contributed by atoms with Crippen LogP contribution >= 0.6 is 0 Å². The molecule has 136 valence electrons. The lowest BCUT2D eigenvalue weighted by molar-refractivity contribution is -0.120. The maximum atomic E-state index is 12.6. The quantitative estimate of drug-likeness (QED) is 0.823. The van der Waals surface area contributed by atoms with Crippen LogP contribution in [0.1, 0.15) is 35.9 Å². The van der Waals surface area contributed by atoms with Crippen molar-refractivity contribution in [3.05, 3.63) is 41.7 Å². The van der Waals surface area contributed by atoms with Crippen LogP contribution in [0.2, 0.25) is 0 Å². The molecule has 0 unspecified atom stereocenters. The van der Waals surface area contributed by atoms with Crippen molar-refractivity contribution in [2.24, 2.45) is 0 Å². The zero-order valence-electron chi connectivity index (χ0n) is 14.5. The van der Waals surface area contributed by atoms with Gasteiger partial charge in [-0.1, -0.05) is 18.1 Å². The van der Waals surface area contributed by atoms with Gasteiger partial charge in [0.25, 0.3) is 0 Å². The van der Waals surface area contributed by atoms with E-state index >= 15 is 0 Å². The van der Waals surface area contributed by atoms with Gasteiger partial charge >= 0.3 is 5.97 Å². The van der Waals surface area contributed by atoms with Crippen LogP contribution in [0.15, 0.2) is 34.9 Å². The molecule has 2 amide bonds. The summed E-state index contributed by atoms with van der Waals surface area (Å²) in [6.07, 6.45) is 1.29. The molecule has 1 aliphatic heterocycles. The molecule has 0 aliphatic carbocycles. The fourth-order valence-corrected chi connectivity index (χ4v) is 2.90. The molecule has 26 heavy (non-hydrogen) atoms. The highest BCUT2D eigenvalue weighted by Gasteiger charge is 2.37. The first-order valence-electron chi connectivity index (χ1n) is 8.30. The van der Waals surface area contributed by atoms with E-state index in [1.165, 1.54) is 12.0 Å². The van der Waals surface area contributed by atoms with E-state index in [9.17, 15) is 14.4 Å². The lowest BCUT2D eigenvalue weighted by atomic mass is 10.1. The van der Waals surface area contributed by atoms with E-state index in [2.05, 4.69) is 10.5 Å². The Balaban J connectivity index is 1.82. The molecule has 8 nitrogen and oxygen atoms in total. The summed E-state index contributed by atoms with van der Waals surface area (Å²) in [7, 11) is 1.29. The Morgan fingerprint density at radius 3 is 2.88 bits per heavy atom. The molecule has 1 aromatic heterocycles. The third kappa shape index (κ3) is 3.44. The van der Waals surface area contributed by atoms with Gasteiger partial charge in [-0.3, -0.25) is 14.5 Å². The fourth-order valence-electron chi connectivity index (χ4n) is 2.90. The number of esters is 1. The largest absolute Gasteiger partial charge is 0.465 e. The number of methoxy groups -OCH3 is 1. The van der Waals surface area contributed by atoms with Crippen LogP contribution in [0, 0.1) is 0 Å². The highest BCUT2D eigenvalue weighted by Crippen LogP contribution is 2.28. The van der Waals surface area contributed by atoms with E-state index in [0.29, 0.717) is 35.7 Å². The van der Waals surface area contributed by atoms with Crippen LogP contribution in [-0.4, -0.2) is 36.1 Å². The maximum Gasteiger partial charge on any atom is 0.337 e. The van der Waals surface area contributed by atoms with Gasteiger partial charge in [0.15, 0.2) is 5.82 Å². The van der Waals surface area contributed by atoms with Crippen molar-refractivity contribution in [1.82, 2.24) is 5.16 Å². The topological polar surface area (TPSA) is 102 Å². The van der Waals surface area contributed by atoms with Gasteiger partial charge in [-0.05, 0) is 24.6 Å². The molecule has 8 heteroatoms. The smallest absolute Gasteiger partial charge is 0.337 e. The molecule has 1 N–H and O–H groups in total. The fraction of sp³-hybridized carbons (Fsp3) is 0.333. The van der Waals surface area contributed by atoms with Crippen LogP contribution in [-0.2, 0) is 20.7 Å². The van der Waals surface area contributed by atoms with E-state index in [1.807, 2.05) is 6.92 Å². The second kappa shape index (κ2) is 7.38. The average Bonchev–Trinajstić information content (AvgIpc) is 3.27. The molecule has 0 radical (unpaired) electrons. The molecule has 0 bridgehead atoms. The van der Waals surface area contributed by atoms with Crippen molar-refractivity contribution in [3.63, 3.8) is 0 Å². The van der Waals surface area contributed by atoms with E-state index < -0.39 is 12.0 Å². The van der Waals surface area contributed by atoms with E-state index in [0.717, 1.165) is 0 Å². The monoisotopic (exact) mass is 357 g/mol. The minimum atomic E-state index is -0.683. The molecule has 1 saturated heterocycles. The van der Waals surface area contributed by atoms with Crippen molar-refractivity contribution in [3.8, 4) is 0 Å². The van der Waals surface area contributed by atoms with Crippen molar-refractivity contribution in [2.75, 3.05) is 17.3 Å². The number of aromatic nitrogens is 1. The number of hydrogen-bond acceptors (Lipinski definition) is 6.